The van der Waals surface area contributed by atoms with Crippen LogP contribution in [-0.4, -0.2) is 30.1 Å². The highest BCUT2D eigenvalue weighted by Gasteiger charge is 2.26. The summed E-state index contributed by atoms with van der Waals surface area (Å²) >= 11 is 0. The molecule has 0 bridgehead atoms. The molecule has 6 heteroatoms. The summed E-state index contributed by atoms with van der Waals surface area (Å²) in [5.41, 5.74) is 3.93. The molecule has 0 saturated carbocycles. The van der Waals surface area contributed by atoms with E-state index in [2.05, 4.69) is 21.4 Å². The number of para-hydroxylation sites is 2. The SMILES string of the molecule is COc1cccc(C(CC(=O)NCc2cccnc2)c2c[nH]c3ccccc23)c1OC. The average Bonchev–Trinajstić information content (AvgIpc) is 3.25. The second-order valence-electron chi connectivity index (χ2n) is 7.27. The van der Waals surface area contributed by atoms with Crippen molar-refractivity contribution in [3.05, 3.63) is 89.9 Å². The number of hydrogen-bond acceptors (Lipinski definition) is 4. The van der Waals surface area contributed by atoms with Crippen LogP contribution in [0.15, 0.2) is 73.2 Å². The van der Waals surface area contributed by atoms with Crippen molar-refractivity contribution in [1.82, 2.24) is 15.3 Å². The van der Waals surface area contributed by atoms with E-state index in [-0.39, 0.29) is 18.2 Å². The van der Waals surface area contributed by atoms with Gasteiger partial charge < -0.3 is 19.8 Å². The number of amides is 1. The lowest BCUT2D eigenvalue weighted by atomic mass is 9.87. The zero-order chi connectivity index (χ0) is 21.6. The van der Waals surface area contributed by atoms with E-state index in [0.717, 1.165) is 27.6 Å². The molecule has 2 heterocycles. The first-order valence-corrected chi connectivity index (χ1v) is 10.1. The predicted octanol–water partition coefficient (Wildman–Crippen LogP) is 4.42. The number of nitrogens with one attached hydrogen (secondary N) is 2. The Balaban J connectivity index is 1.69. The molecule has 0 radical (unpaired) electrons. The van der Waals surface area contributed by atoms with Crippen LogP contribution in [0.1, 0.15) is 29.0 Å². The summed E-state index contributed by atoms with van der Waals surface area (Å²) in [6.07, 6.45) is 5.71. The number of carbonyl (C=O) groups excluding carboxylic acids is 1. The Morgan fingerprint density at radius 3 is 2.68 bits per heavy atom. The van der Waals surface area contributed by atoms with Gasteiger partial charge in [0.05, 0.1) is 14.2 Å². The summed E-state index contributed by atoms with van der Waals surface area (Å²) in [5.74, 6) is 1.01. The van der Waals surface area contributed by atoms with E-state index in [1.807, 2.05) is 54.7 Å². The maximum atomic E-state index is 13.0. The number of aromatic amines is 1. The van der Waals surface area contributed by atoms with Gasteiger partial charge in [-0.05, 0) is 29.3 Å². The van der Waals surface area contributed by atoms with Gasteiger partial charge in [0.25, 0.3) is 0 Å². The molecule has 0 spiro atoms. The summed E-state index contributed by atoms with van der Waals surface area (Å²) < 4.78 is 11.2. The first-order valence-electron chi connectivity index (χ1n) is 10.1. The zero-order valence-corrected chi connectivity index (χ0v) is 17.6. The standard InChI is InChI=1S/C25H25N3O3/c1-30-23-11-5-9-19(25(23)31-2)20(21-16-27-22-10-4-3-8-18(21)22)13-24(29)28-15-17-7-6-12-26-14-17/h3-12,14,16,20,27H,13,15H2,1-2H3,(H,28,29). The molecule has 6 nitrogen and oxygen atoms in total. The van der Waals surface area contributed by atoms with E-state index >= 15 is 0 Å². The Morgan fingerprint density at radius 1 is 1.03 bits per heavy atom. The van der Waals surface area contributed by atoms with Gasteiger partial charge in [0.2, 0.25) is 5.91 Å². The van der Waals surface area contributed by atoms with Gasteiger partial charge in [-0.3, -0.25) is 9.78 Å². The quantitative estimate of drug-likeness (QED) is 0.447. The number of carbonyl (C=O) groups is 1. The van der Waals surface area contributed by atoms with Crippen LogP contribution in [0, 0.1) is 0 Å². The van der Waals surface area contributed by atoms with Crippen LogP contribution in [0.25, 0.3) is 10.9 Å². The normalized spacial score (nSPS) is 11.8. The number of fused-ring (bicyclic) bond motifs is 1. The van der Waals surface area contributed by atoms with Crippen molar-refractivity contribution in [3.8, 4) is 11.5 Å². The first kappa shape index (κ1) is 20.5. The number of ether oxygens (including phenoxy) is 2. The van der Waals surface area contributed by atoms with Crippen LogP contribution in [-0.2, 0) is 11.3 Å². The number of hydrogen-bond donors (Lipinski definition) is 2. The third-order valence-electron chi connectivity index (χ3n) is 5.41. The molecule has 0 aliphatic carbocycles. The first-order chi connectivity index (χ1) is 15.2. The Bertz CT molecular complexity index is 1170. The number of aromatic nitrogens is 2. The highest BCUT2D eigenvalue weighted by Crippen LogP contribution is 2.41. The van der Waals surface area contributed by atoms with Gasteiger partial charge in [-0.15, -0.1) is 0 Å². The number of H-pyrrole nitrogens is 1. The summed E-state index contributed by atoms with van der Waals surface area (Å²) in [6.45, 7) is 0.433. The molecule has 1 amide bonds. The van der Waals surface area contributed by atoms with Gasteiger partial charge in [-0.2, -0.15) is 0 Å². The number of nitrogens with zero attached hydrogens (tertiary/aromatic N) is 1. The van der Waals surface area contributed by atoms with E-state index in [1.165, 1.54) is 0 Å². The molecule has 0 aliphatic heterocycles. The van der Waals surface area contributed by atoms with E-state index in [9.17, 15) is 4.79 Å². The van der Waals surface area contributed by atoms with Crippen LogP contribution < -0.4 is 14.8 Å². The van der Waals surface area contributed by atoms with Gasteiger partial charge in [0.15, 0.2) is 11.5 Å². The molecule has 0 aliphatic rings. The third kappa shape index (κ3) is 4.38. The number of pyridine rings is 1. The molecule has 4 rings (SSSR count). The van der Waals surface area contributed by atoms with Crippen molar-refractivity contribution in [2.24, 2.45) is 0 Å². The zero-order valence-electron chi connectivity index (χ0n) is 17.6. The van der Waals surface area contributed by atoms with Gasteiger partial charge in [-0.25, -0.2) is 0 Å². The summed E-state index contributed by atoms with van der Waals surface area (Å²) in [5, 5.41) is 4.10. The number of benzene rings is 2. The molecule has 1 unspecified atom stereocenters. The second kappa shape index (κ2) is 9.34. The molecular formula is C25H25N3O3. The van der Waals surface area contributed by atoms with Crippen LogP contribution in [0.3, 0.4) is 0 Å². The minimum Gasteiger partial charge on any atom is -0.493 e. The Labute approximate surface area is 181 Å². The minimum absolute atomic E-state index is 0.0518. The predicted molar refractivity (Wildman–Crippen MR) is 120 cm³/mol. The second-order valence-corrected chi connectivity index (χ2v) is 7.27. The molecule has 2 N–H and O–H groups in total. The topological polar surface area (TPSA) is 76.2 Å². The fourth-order valence-electron chi connectivity index (χ4n) is 3.92. The highest BCUT2D eigenvalue weighted by molar-refractivity contribution is 5.86. The summed E-state index contributed by atoms with van der Waals surface area (Å²) in [4.78, 5) is 20.4. The van der Waals surface area contributed by atoms with Crippen molar-refractivity contribution in [3.63, 3.8) is 0 Å². The van der Waals surface area contributed by atoms with E-state index in [4.69, 9.17) is 9.47 Å². The summed E-state index contributed by atoms with van der Waals surface area (Å²) in [6, 6.07) is 17.7. The van der Waals surface area contributed by atoms with Gasteiger partial charge >= 0.3 is 0 Å². The lowest BCUT2D eigenvalue weighted by molar-refractivity contribution is -0.121. The van der Waals surface area contributed by atoms with Crippen molar-refractivity contribution < 1.29 is 14.3 Å². The molecule has 31 heavy (non-hydrogen) atoms. The lowest BCUT2D eigenvalue weighted by Crippen LogP contribution is -2.25. The lowest BCUT2D eigenvalue weighted by Gasteiger charge is -2.21. The fraction of sp³-hybridized carbons (Fsp3) is 0.200. The molecule has 1 atom stereocenters. The molecule has 0 saturated heterocycles. The van der Waals surface area contributed by atoms with Gasteiger partial charge in [-0.1, -0.05) is 36.4 Å². The van der Waals surface area contributed by atoms with E-state index in [0.29, 0.717) is 18.0 Å². The van der Waals surface area contributed by atoms with Gasteiger partial charge in [0, 0.05) is 53.9 Å². The minimum atomic E-state index is -0.213. The molecular weight excluding hydrogens is 390 g/mol. The Morgan fingerprint density at radius 2 is 1.90 bits per heavy atom. The van der Waals surface area contributed by atoms with Gasteiger partial charge in [0.1, 0.15) is 0 Å². The Hall–Kier alpha value is -3.80. The maximum Gasteiger partial charge on any atom is 0.221 e. The monoisotopic (exact) mass is 415 g/mol. The number of methoxy groups -OCH3 is 2. The van der Waals surface area contributed by atoms with Crippen molar-refractivity contribution in [1.29, 1.82) is 0 Å². The molecule has 2 aromatic heterocycles. The Kier molecular flexibility index (Phi) is 6.17. The van der Waals surface area contributed by atoms with Crippen LogP contribution in [0.5, 0.6) is 11.5 Å². The highest BCUT2D eigenvalue weighted by atomic mass is 16.5. The van der Waals surface area contributed by atoms with Crippen LogP contribution in [0.2, 0.25) is 0 Å². The third-order valence-corrected chi connectivity index (χ3v) is 5.41. The smallest absolute Gasteiger partial charge is 0.221 e. The van der Waals surface area contributed by atoms with Crippen LogP contribution >= 0.6 is 0 Å². The van der Waals surface area contributed by atoms with E-state index < -0.39 is 0 Å². The van der Waals surface area contributed by atoms with Crippen LogP contribution in [0.4, 0.5) is 0 Å². The summed E-state index contributed by atoms with van der Waals surface area (Å²) in [7, 11) is 3.24. The maximum absolute atomic E-state index is 13.0. The van der Waals surface area contributed by atoms with E-state index in [1.54, 1.807) is 26.6 Å². The fourth-order valence-corrected chi connectivity index (χ4v) is 3.92. The van der Waals surface area contributed by atoms with Crippen molar-refractivity contribution in [2.75, 3.05) is 14.2 Å². The molecule has 2 aromatic carbocycles. The van der Waals surface area contributed by atoms with Crippen molar-refractivity contribution in [2.45, 2.75) is 18.9 Å². The average molecular weight is 415 g/mol. The molecule has 4 aromatic rings. The molecule has 158 valence electrons. The number of rotatable bonds is 8. The largest absolute Gasteiger partial charge is 0.493 e. The van der Waals surface area contributed by atoms with Crippen molar-refractivity contribution >= 4 is 16.8 Å². The molecule has 0 fully saturated rings.